The van der Waals surface area contributed by atoms with E-state index in [-0.39, 0.29) is 0 Å². The van der Waals surface area contributed by atoms with Gasteiger partial charge in [-0.3, -0.25) is 9.59 Å². The van der Waals surface area contributed by atoms with E-state index in [0.29, 0.717) is 22.3 Å². The maximum absolute atomic E-state index is 11.9. The van der Waals surface area contributed by atoms with Gasteiger partial charge < -0.3 is 10.6 Å². The Morgan fingerprint density at radius 1 is 0.818 bits per heavy atom. The van der Waals surface area contributed by atoms with Gasteiger partial charge in [0.2, 0.25) is 0 Å². The molecule has 0 bridgehead atoms. The normalized spacial score (nSPS) is 10.4. The van der Waals surface area contributed by atoms with E-state index < -0.39 is 11.8 Å². The molecule has 2 aromatic rings. The van der Waals surface area contributed by atoms with Gasteiger partial charge in [-0.25, -0.2) is 0 Å². The summed E-state index contributed by atoms with van der Waals surface area (Å²) in [6, 6.07) is 14.0. The Hall–Kier alpha value is -2.33. The highest BCUT2D eigenvalue weighted by molar-refractivity contribution is 6.43. The quantitative estimate of drug-likeness (QED) is 0.840. The summed E-state index contributed by atoms with van der Waals surface area (Å²) in [5.41, 5.74) is 2.27. The fourth-order valence-corrected chi connectivity index (χ4v) is 1.99. The average Bonchev–Trinajstić information content (AvgIpc) is 2.50. The lowest BCUT2D eigenvalue weighted by Gasteiger charge is -2.09. The molecule has 2 amide bonds. The van der Waals surface area contributed by atoms with Gasteiger partial charge in [-0.05, 0) is 47.9 Å². The number of carbonyl (C=O) groups excluding carboxylic acids is 2. The smallest absolute Gasteiger partial charge is 0.314 e. The van der Waals surface area contributed by atoms with Crippen LogP contribution in [0.1, 0.15) is 25.3 Å². The van der Waals surface area contributed by atoms with Gasteiger partial charge in [-0.15, -0.1) is 0 Å². The van der Waals surface area contributed by atoms with Gasteiger partial charge in [0.15, 0.2) is 0 Å². The molecule has 2 N–H and O–H groups in total. The third-order valence-electron chi connectivity index (χ3n) is 3.14. The molecule has 114 valence electrons. The fraction of sp³-hybridized carbons (Fsp3) is 0.176. The van der Waals surface area contributed by atoms with E-state index >= 15 is 0 Å². The molecule has 0 spiro atoms. The molecule has 0 heterocycles. The Bertz CT molecular complexity index is 664. The number of carbonyl (C=O) groups is 2. The number of rotatable bonds is 3. The highest BCUT2D eigenvalue weighted by Gasteiger charge is 2.14. The molecule has 0 aromatic heterocycles. The van der Waals surface area contributed by atoms with Gasteiger partial charge in [0.05, 0.1) is 0 Å². The summed E-state index contributed by atoms with van der Waals surface area (Å²) in [7, 11) is 0. The third kappa shape index (κ3) is 4.33. The van der Waals surface area contributed by atoms with E-state index in [0.717, 1.165) is 0 Å². The first-order valence-corrected chi connectivity index (χ1v) is 7.31. The van der Waals surface area contributed by atoms with Crippen molar-refractivity contribution in [1.82, 2.24) is 0 Å². The van der Waals surface area contributed by atoms with E-state index in [9.17, 15) is 9.59 Å². The van der Waals surface area contributed by atoms with Crippen molar-refractivity contribution in [2.75, 3.05) is 10.6 Å². The Kier molecular flexibility index (Phi) is 5.17. The highest BCUT2D eigenvalue weighted by Crippen LogP contribution is 2.17. The molecule has 22 heavy (non-hydrogen) atoms. The van der Waals surface area contributed by atoms with Crippen molar-refractivity contribution in [3.05, 3.63) is 59.1 Å². The fourth-order valence-electron chi connectivity index (χ4n) is 1.86. The van der Waals surface area contributed by atoms with Crippen LogP contribution in [0.3, 0.4) is 0 Å². The summed E-state index contributed by atoms with van der Waals surface area (Å²) in [5.74, 6) is -1.03. The zero-order valence-corrected chi connectivity index (χ0v) is 13.1. The topological polar surface area (TPSA) is 58.2 Å². The molecule has 0 unspecified atom stereocenters. The van der Waals surface area contributed by atoms with Crippen LogP contribution in [-0.2, 0) is 9.59 Å². The first-order valence-electron chi connectivity index (χ1n) is 6.93. The SMILES string of the molecule is CC(C)c1ccc(NC(=O)C(=O)Nc2ccc(Cl)cc2)cc1. The average molecular weight is 317 g/mol. The van der Waals surface area contributed by atoms with E-state index in [1.54, 1.807) is 36.4 Å². The largest absolute Gasteiger partial charge is 0.318 e. The minimum absolute atomic E-state index is 0.415. The van der Waals surface area contributed by atoms with Crippen LogP contribution in [0.15, 0.2) is 48.5 Å². The molecule has 0 saturated carbocycles. The second-order valence-corrected chi connectivity index (χ2v) is 5.63. The van der Waals surface area contributed by atoms with Gasteiger partial charge in [0, 0.05) is 16.4 Å². The van der Waals surface area contributed by atoms with E-state index in [2.05, 4.69) is 24.5 Å². The summed E-state index contributed by atoms with van der Waals surface area (Å²) in [6.45, 7) is 4.18. The van der Waals surface area contributed by atoms with Crippen molar-refractivity contribution < 1.29 is 9.59 Å². The summed E-state index contributed by atoms with van der Waals surface area (Å²) in [4.78, 5) is 23.7. The summed E-state index contributed by atoms with van der Waals surface area (Å²) in [5, 5.41) is 5.63. The molecule has 5 heteroatoms. The van der Waals surface area contributed by atoms with E-state index in [1.807, 2.05) is 12.1 Å². The molecule has 0 aliphatic heterocycles. The maximum atomic E-state index is 11.9. The minimum Gasteiger partial charge on any atom is -0.318 e. The Morgan fingerprint density at radius 2 is 1.23 bits per heavy atom. The van der Waals surface area contributed by atoms with Gasteiger partial charge in [0.25, 0.3) is 0 Å². The van der Waals surface area contributed by atoms with Gasteiger partial charge in [-0.1, -0.05) is 37.6 Å². The number of nitrogens with one attached hydrogen (secondary N) is 2. The highest BCUT2D eigenvalue weighted by atomic mass is 35.5. The van der Waals surface area contributed by atoms with Crippen LogP contribution >= 0.6 is 11.6 Å². The Morgan fingerprint density at radius 3 is 1.64 bits per heavy atom. The van der Waals surface area contributed by atoms with Crippen molar-refractivity contribution in [1.29, 1.82) is 0 Å². The van der Waals surface area contributed by atoms with Crippen molar-refractivity contribution in [3.8, 4) is 0 Å². The van der Waals surface area contributed by atoms with Crippen molar-refractivity contribution in [3.63, 3.8) is 0 Å². The molecular formula is C17H17ClN2O2. The Labute approximate surface area is 134 Å². The first-order chi connectivity index (χ1) is 10.5. The monoisotopic (exact) mass is 316 g/mol. The summed E-state index contributed by atoms with van der Waals surface area (Å²) >= 11 is 5.76. The predicted molar refractivity (Wildman–Crippen MR) is 89.2 cm³/mol. The Balaban J connectivity index is 1.96. The van der Waals surface area contributed by atoms with Gasteiger partial charge >= 0.3 is 11.8 Å². The van der Waals surface area contributed by atoms with Crippen LogP contribution in [0.2, 0.25) is 5.02 Å². The minimum atomic E-state index is -0.727. The first kappa shape index (κ1) is 16.0. The summed E-state index contributed by atoms with van der Waals surface area (Å²) < 4.78 is 0. The lowest BCUT2D eigenvalue weighted by atomic mass is 10.0. The lowest BCUT2D eigenvalue weighted by Crippen LogP contribution is -2.29. The number of hydrogen-bond donors (Lipinski definition) is 2. The van der Waals surface area contributed by atoms with Crippen molar-refractivity contribution in [2.24, 2.45) is 0 Å². The lowest BCUT2D eigenvalue weighted by molar-refractivity contribution is -0.132. The third-order valence-corrected chi connectivity index (χ3v) is 3.40. The predicted octanol–water partition coefficient (Wildman–Crippen LogP) is 4.04. The van der Waals surface area contributed by atoms with Crippen molar-refractivity contribution in [2.45, 2.75) is 19.8 Å². The standard InChI is InChI=1S/C17H17ClN2O2/c1-11(2)12-3-7-14(8-4-12)19-16(21)17(22)20-15-9-5-13(18)6-10-15/h3-11H,1-2H3,(H,19,21)(H,20,22). The van der Waals surface area contributed by atoms with E-state index in [4.69, 9.17) is 11.6 Å². The second kappa shape index (κ2) is 7.09. The molecule has 0 saturated heterocycles. The molecule has 2 aromatic carbocycles. The molecule has 0 aliphatic carbocycles. The van der Waals surface area contributed by atoms with Gasteiger partial charge in [0.1, 0.15) is 0 Å². The molecule has 0 aliphatic rings. The zero-order valence-electron chi connectivity index (χ0n) is 12.4. The molecule has 0 fully saturated rings. The number of hydrogen-bond acceptors (Lipinski definition) is 2. The molecule has 0 atom stereocenters. The molecule has 2 rings (SSSR count). The molecular weight excluding hydrogens is 300 g/mol. The number of halogens is 1. The van der Waals surface area contributed by atoms with Crippen LogP contribution in [-0.4, -0.2) is 11.8 Å². The zero-order chi connectivity index (χ0) is 16.1. The number of anilines is 2. The number of benzene rings is 2. The molecule has 4 nitrogen and oxygen atoms in total. The van der Waals surface area contributed by atoms with Crippen LogP contribution in [0.25, 0.3) is 0 Å². The second-order valence-electron chi connectivity index (χ2n) is 5.19. The van der Waals surface area contributed by atoms with Crippen LogP contribution < -0.4 is 10.6 Å². The summed E-state index contributed by atoms with van der Waals surface area (Å²) in [6.07, 6.45) is 0. The maximum Gasteiger partial charge on any atom is 0.314 e. The van der Waals surface area contributed by atoms with Crippen molar-refractivity contribution >= 4 is 34.8 Å². The number of amides is 2. The van der Waals surface area contributed by atoms with Crippen LogP contribution in [0.4, 0.5) is 11.4 Å². The van der Waals surface area contributed by atoms with E-state index in [1.165, 1.54) is 5.56 Å². The molecule has 0 radical (unpaired) electrons. The van der Waals surface area contributed by atoms with Crippen LogP contribution in [0, 0.1) is 0 Å². The van der Waals surface area contributed by atoms with Crippen LogP contribution in [0.5, 0.6) is 0 Å². The van der Waals surface area contributed by atoms with Gasteiger partial charge in [-0.2, -0.15) is 0 Å².